The zero-order valence-corrected chi connectivity index (χ0v) is 20.8. The molecule has 0 amide bonds. The number of para-hydroxylation sites is 1. The third-order valence-corrected chi connectivity index (χ3v) is 9.25. The maximum absolute atomic E-state index is 12.0. The number of fused-ring (bicyclic) bond motifs is 3. The Morgan fingerprint density at radius 2 is 1.56 bits per heavy atom. The molecule has 2 aromatic rings. The van der Waals surface area contributed by atoms with Crippen LogP contribution in [0.1, 0.15) is 57.4 Å². The van der Waals surface area contributed by atoms with Gasteiger partial charge in [0.05, 0.1) is 32.8 Å². The van der Waals surface area contributed by atoms with Crippen molar-refractivity contribution in [2.45, 2.75) is 69.6 Å². The molecule has 0 aromatic heterocycles. The quantitative estimate of drug-likeness (QED) is 0.370. The molecular formula is C30H42NO3+. The first kappa shape index (κ1) is 23.8. The summed E-state index contributed by atoms with van der Waals surface area (Å²) in [5, 5.41) is 12.0. The highest BCUT2D eigenvalue weighted by Crippen LogP contribution is 2.44. The molecule has 4 aliphatic rings. The van der Waals surface area contributed by atoms with Crippen LogP contribution in [-0.2, 0) is 10.3 Å². The number of hydrogen-bond donors (Lipinski definition) is 1. The molecule has 4 heteroatoms. The Bertz CT molecular complexity index is 890. The summed E-state index contributed by atoms with van der Waals surface area (Å²) in [5.41, 5.74) is 0.149. The van der Waals surface area contributed by atoms with Crippen LogP contribution in [0.2, 0.25) is 0 Å². The number of rotatable bonds is 10. The smallest absolute Gasteiger partial charge is 0.119 e. The van der Waals surface area contributed by atoms with Gasteiger partial charge in [-0.1, -0.05) is 61.4 Å². The number of hydrogen-bond acceptors (Lipinski definition) is 3. The Balaban J connectivity index is 1.23. The maximum atomic E-state index is 12.0. The normalized spacial score (nSPS) is 30.8. The molecule has 3 unspecified atom stereocenters. The molecule has 0 spiro atoms. The van der Waals surface area contributed by atoms with Crippen molar-refractivity contribution in [3.05, 3.63) is 66.2 Å². The van der Waals surface area contributed by atoms with Crippen LogP contribution in [0.5, 0.6) is 5.75 Å². The first-order valence-electron chi connectivity index (χ1n) is 13.5. The SMILES string of the molecule is CC1C(OCC(O)(c2ccccc2)C2CCCC2)C2CC[N+]1(CCCOc1ccccc1)CC2. The Morgan fingerprint density at radius 1 is 0.912 bits per heavy atom. The fraction of sp³-hybridized carbons (Fsp3) is 0.600. The number of benzene rings is 2. The summed E-state index contributed by atoms with van der Waals surface area (Å²) in [6.45, 7) is 7.23. The number of quaternary nitrogens is 1. The lowest BCUT2D eigenvalue weighted by Gasteiger charge is -2.57. The fourth-order valence-electron chi connectivity index (χ4n) is 7.12. The Kier molecular flexibility index (Phi) is 7.29. The van der Waals surface area contributed by atoms with Crippen molar-refractivity contribution in [3.8, 4) is 5.75 Å². The topological polar surface area (TPSA) is 38.7 Å². The summed E-state index contributed by atoms with van der Waals surface area (Å²) in [6, 6.07) is 20.9. The van der Waals surface area contributed by atoms with Gasteiger partial charge in [-0.3, -0.25) is 0 Å². The molecule has 1 N–H and O–H groups in total. The second kappa shape index (κ2) is 10.4. The van der Waals surface area contributed by atoms with Gasteiger partial charge >= 0.3 is 0 Å². The van der Waals surface area contributed by atoms with E-state index in [0.29, 0.717) is 24.5 Å². The minimum atomic E-state index is -0.877. The van der Waals surface area contributed by atoms with Crippen LogP contribution >= 0.6 is 0 Å². The van der Waals surface area contributed by atoms with Crippen molar-refractivity contribution >= 4 is 0 Å². The lowest BCUT2D eigenvalue weighted by molar-refractivity contribution is -0.968. The molecule has 2 aromatic carbocycles. The van der Waals surface area contributed by atoms with Gasteiger partial charge in [-0.15, -0.1) is 0 Å². The minimum absolute atomic E-state index is 0.231. The molecule has 4 nitrogen and oxygen atoms in total. The van der Waals surface area contributed by atoms with E-state index in [0.717, 1.165) is 48.2 Å². The van der Waals surface area contributed by atoms with Crippen LogP contribution in [0.25, 0.3) is 0 Å². The molecule has 1 aliphatic carbocycles. The van der Waals surface area contributed by atoms with Gasteiger partial charge in [0, 0.05) is 25.2 Å². The van der Waals surface area contributed by atoms with Crippen molar-refractivity contribution in [2.24, 2.45) is 11.8 Å². The third-order valence-electron chi connectivity index (χ3n) is 9.25. The van der Waals surface area contributed by atoms with Crippen molar-refractivity contribution < 1.29 is 19.1 Å². The van der Waals surface area contributed by atoms with Gasteiger partial charge in [-0.2, -0.15) is 0 Å². The van der Waals surface area contributed by atoms with Crippen LogP contribution in [-0.4, -0.2) is 54.6 Å². The van der Waals surface area contributed by atoms with E-state index < -0.39 is 5.60 Å². The average molecular weight is 465 g/mol. The standard InChI is InChI=1S/C30H42NO3/c1-24-29(34-23-30(32,27-13-8-9-14-27)26-11-4-2-5-12-26)25-17-20-31(24,21-18-25)19-10-22-33-28-15-6-3-7-16-28/h2-7,11-12,15-16,24-25,27,29,32H,8-10,13-14,17-23H2,1H3/q+1. The summed E-state index contributed by atoms with van der Waals surface area (Å²) in [5.74, 6) is 1.88. The lowest BCUT2D eigenvalue weighted by atomic mass is 9.77. The zero-order chi connectivity index (χ0) is 23.4. The molecule has 6 rings (SSSR count). The zero-order valence-electron chi connectivity index (χ0n) is 20.8. The van der Waals surface area contributed by atoms with E-state index in [9.17, 15) is 5.11 Å². The second-order valence-electron chi connectivity index (χ2n) is 11.0. The summed E-state index contributed by atoms with van der Waals surface area (Å²) < 4.78 is 13.9. The molecule has 3 atom stereocenters. The van der Waals surface area contributed by atoms with Crippen molar-refractivity contribution in [3.63, 3.8) is 0 Å². The minimum Gasteiger partial charge on any atom is -0.493 e. The largest absolute Gasteiger partial charge is 0.493 e. The number of ether oxygens (including phenoxy) is 2. The molecule has 184 valence electrons. The van der Waals surface area contributed by atoms with Gasteiger partial charge in [0.25, 0.3) is 0 Å². The highest BCUT2D eigenvalue weighted by Gasteiger charge is 2.52. The first-order valence-corrected chi connectivity index (χ1v) is 13.5. The van der Waals surface area contributed by atoms with Crippen molar-refractivity contribution in [1.29, 1.82) is 0 Å². The van der Waals surface area contributed by atoms with Crippen LogP contribution < -0.4 is 4.74 Å². The van der Waals surface area contributed by atoms with E-state index in [2.05, 4.69) is 19.1 Å². The Labute approximate surface area is 205 Å². The second-order valence-corrected chi connectivity index (χ2v) is 11.0. The third kappa shape index (κ3) is 4.78. The average Bonchev–Trinajstić information content (AvgIpc) is 3.44. The lowest BCUT2D eigenvalue weighted by Crippen LogP contribution is -2.69. The highest BCUT2D eigenvalue weighted by molar-refractivity contribution is 5.24. The van der Waals surface area contributed by atoms with Gasteiger partial charge in [0.2, 0.25) is 0 Å². The van der Waals surface area contributed by atoms with E-state index in [-0.39, 0.29) is 6.10 Å². The predicted octanol–water partition coefficient (Wildman–Crippen LogP) is 5.55. The Hall–Kier alpha value is -1.88. The van der Waals surface area contributed by atoms with E-state index in [1.807, 2.05) is 48.5 Å². The summed E-state index contributed by atoms with van der Waals surface area (Å²) in [7, 11) is 0. The fourth-order valence-corrected chi connectivity index (χ4v) is 7.12. The molecule has 34 heavy (non-hydrogen) atoms. The highest BCUT2D eigenvalue weighted by atomic mass is 16.5. The van der Waals surface area contributed by atoms with Gasteiger partial charge in [0.15, 0.2) is 0 Å². The summed E-state index contributed by atoms with van der Waals surface area (Å²) >= 11 is 0. The van der Waals surface area contributed by atoms with E-state index in [1.165, 1.54) is 38.8 Å². The van der Waals surface area contributed by atoms with Crippen LogP contribution in [0.15, 0.2) is 60.7 Å². The first-order chi connectivity index (χ1) is 16.6. The monoisotopic (exact) mass is 464 g/mol. The van der Waals surface area contributed by atoms with Crippen LogP contribution in [0.3, 0.4) is 0 Å². The Morgan fingerprint density at radius 3 is 2.24 bits per heavy atom. The molecule has 3 saturated heterocycles. The number of piperidine rings is 3. The van der Waals surface area contributed by atoms with Gasteiger partial charge in [-0.05, 0) is 43.4 Å². The van der Waals surface area contributed by atoms with Crippen molar-refractivity contribution in [2.75, 3.05) is 32.8 Å². The summed E-state index contributed by atoms with van der Waals surface area (Å²) in [4.78, 5) is 0. The molecular weight excluding hydrogens is 422 g/mol. The molecule has 3 heterocycles. The van der Waals surface area contributed by atoms with E-state index in [1.54, 1.807) is 0 Å². The molecule has 2 bridgehead atoms. The van der Waals surface area contributed by atoms with E-state index in [4.69, 9.17) is 9.47 Å². The predicted molar refractivity (Wildman–Crippen MR) is 136 cm³/mol. The molecule has 3 aliphatic heterocycles. The number of aliphatic hydroxyl groups is 1. The van der Waals surface area contributed by atoms with E-state index >= 15 is 0 Å². The van der Waals surface area contributed by atoms with Crippen LogP contribution in [0, 0.1) is 11.8 Å². The maximum Gasteiger partial charge on any atom is 0.119 e. The van der Waals surface area contributed by atoms with Gasteiger partial charge in [0.1, 0.15) is 23.5 Å². The van der Waals surface area contributed by atoms with Gasteiger partial charge in [-0.25, -0.2) is 0 Å². The molecule has 1 saturated carbocycles. The van der Waals surface area contributed by atoms with Crippen molar-refractivity contribution in [1.82, 2.24) is 0 Å². The summed E-state index contributed by atoms with van der Waals surface area (Å²) in [6.07, 6.45) is 8.39. The van der Waals surface area contributed by atoms with Gasteiger partial charge < -0.3 is 19.1 Å². The molecule has 4 fully saturated rings. The molecule has 0 radical (unpaired) electrons. The van der Waals surface area contributed by atoms with Crippen LogP contribution in [0.4, 0.5) is 0 Å². The number of nitrogens with zero attached hydrogens (tertiary/aromatic N) is 1.